The number of carbonyl (C=O) groups excluding carboxylic acids is 3. The van der Waals surface area contributed by atoms with E-state index >= 15 is 0 Å². The maximum atomic E-state index is 13.0. The van der Waals surface area contributed by atoms with Crippen molar-refractivity contribution < 1.29 is 19.1 Å². The fraction of sp³-hybridized carbons (Fsp3) is 0.318. The van der Waals surface area contributed by atoms with Crippen LogP contribution in [0.3, 0.4) is 0 Å². The van der Waals surface area contributed by atoms with Crippen LogP contribution >= 0.6 is 12.4 Å². The number of nitrogens with two attached hydrogens (primary N) is 1. The molecule has 1 unspecified atom stereocenters. The summed E-state index contributed by atoms with van der Waals surface area (Å²) in [5, 5.41) is 2.81. The van der Waals surface area contributed by atoms with Gasteiger partial charge in [0.25, 0.3) is 11.8 Å². The van der Waals surface area contributed by atoms with Gasteiger partial charge in [-0.05, 0) is 62.1 Å². The molecule has 8 heteroatoms. The smallest absolute Gasteiger partial charge is 0.328 e. The summed E-state index contributed by atoms with van der Waals surface area (Å²) in [6.45, 7) is 2.33. The molecule has 160 valence electrons. The third-order valence-corrected chi connectivity index (χ3v) is 5.11. The maximum Gasteiger partial charge on any atom is 0.328 e. The lowest BCUT2D eigenvalue weighted by molar-refractivity contribution is -0.147. The number of likely N-dealkylation sites (tertiary alicyclic amines) is 1. The molecular weight excluding hydrogens is 406 g/mol. The predicted octanol–water partition coefficient (Wildman–Crippen LogP) is 3.42. The Labute approximate surface area is 182 Å². The van der Waals surface area contributed by atoms with E-state index in [1.54, 1.807) is 47.4 Å². The number of benzene rings is 2. The Morgan fingerprint density at radius 3 is 2.63 bits per heavy atom. The van der Waals surface area contributed by atoms with Crippen LogP contribution in [0.1, 0.15) is 45.5 Å². The number of nitrogens with one attached hydrogen (secondary N) is 1. The molecule has 0 aliphatic carbocycles. The summed E-state index contributed by atoms with van der Waals surface area (Å²) in [5.74, 6) is -0.958. The third-order valence-electron chi connectivity index (χ3n) is 5.11. The number of ether oxygens (including phenoxy) is 1. The molecule has 0 aromatic heterocycles. The van der Waals surface area contributed by atoms with Crippen LogP contribution < -0.4 is 11.1 Å². The van der Waals surface area contributed by atoms with Crippen LogP contribution in [0.2, 0.25) is 0 Å². The van der Waals surface area contributed by atoms with Gasteiger partial charge in [0.1, 0.15) is 6.04 Å². The van der Waals surface area contributed by atoms with E-state index in [9.17, 15) is 14.4 Å². The molecular formula is C22H26ClN3O4. The number of amides is 2. The Kier molecular flexibility index (Phi) is 7.83. The second-order valence-electron chi connectivity index (χ2n) is 7.14. The monoisotopic (exact) mass is 431 g/mol. The van der Waals surface area contributed by atoms with Gasteiger partial charge < -0.3 is 20.7 Å². The molecule has 0 radical (unpaired) electrons. The number of nitrogens with zero attached hydrogens (tertiary/aromatic N) is 1. The van der Waals surface area contributed by atoms with Crippen LogP contribution in [-0.2, 0) is 9.53 Å². The number of hydrogen-bond donors (Lipinski definition) is 2. The molecule has 1 fully saturated rings. The van der Waals surface area contributed by atoms with Gasteiger partial charge in [0.05, 0.1) is 7.11 Å². The van der Waals surface area contributed by atoms with Crippen molar-refractivity contribution in [2.45, 2.75) is 32.2 Å². The largest absolute Gasteiger partial charge is 0.467 e. The van der Waals surface area contributed by atoms with Crippen LogP contribution in [0.4, 0.5) is 11.4 Å². The van der Waals surface area contributed by atoms with Gasteiger partial charge in [-0.1, -0.05) is 12.1 Å². The highest BCUT2D eigenvalue weighted by atomic mass is 35.5. The zero-order valence-electron chi connectivity index (χ0n) is 17.0. The Hall–Kier alpha value is -3.06. The molecule has 30 heavy (non-hydrogen) atoms. The van der Waals surface area contributed by atoms with E-state index in [1.807, 2.05) is 6.92 Å². The van der Waals surface area contributed by atoms with Crippen molar-refractivity contribution in [3.63, 3.8) is 0 Å². The summed E-state index contributed by atoms with van der Waals surface area (Å²) in [4.78, 5) is 39.3. The molecule has 2 aromatic carbocycles. The molecule has 3 rings (SSSR count). The Morgan fingerprint density at radius 1 is 1.13 bits per heavy atom. The molecule has 1 heterocycles. The number of esters is 1. The Morgan fingerprint density at radius 2 is 1.90 bits per heavy atom. The highest BCUT2D eigenvalue weighted by molar-refractivity contribution is 6.06. The average molecular weight is 432 g/mol. The summed E-state index contributed by atoms with van der Waals surface area (Å²) in [6.07, 6.45) is 2.30. The lowest BCUT2D eigenvalue weighted by Gasteiger charge is -2.33. The van der Waals surface area contributed by atoms with Gasteiger partial charge in [0.15, 0.2) is 0 Å². The molecule has 1 saturated heterocycles. The molecule has 1 atom stereocenters. The molecule has 2 aromatic rings. The second kappa shape index (κ2) is 10.1. The van der Waals surface area contributed by atoms with E-state index in [4.69, 9.17) is 10.5 Å². The van der Waals surface area contributed by atoms with Crippen molar-refractivity contribution in [1.82, 2.24) is 4.90 Å². The van der Waals surface area contributed by atoms with Crippen LogP contribution in [0.15, 0.2) is 42.5 Å². The molecule has 0 bridgehead atoms. The van der Waals surface area contributed by atoms with E-state index in [2.05, 4.69) is 5.32 Å². The predicted molar refractivity (Wildman–Crippen MR) is 118 cm³/mol. The highest BCUT2D eigenvalue weighted by Gasteiger charge is 2.33. The molecule has 3 N–H and O–H groups in total. The topological polar surface area (TPSA) is 102 Å². The number of nitrogen functional groups attached to an aromatic ring is 1. The summed E-state index contributed by atoms with van der Waals surface area (Å²) in [7, 11) is 1.33. The van der Waals surface area contributed by atoms with E-state index in [0.717, 1.165) is 18.4 Å². The van der Waals surface area contributed by atoms with Gasteiger partial charge in [-0.15, -0.1) is 12.4 Å². The minimum absolute atomic E-state index is 0. The summed E-state index contributed by atoms with van der Waals surface area (Å²) in [6, 6.07) is 11.3. The first-order chi connectivity index (χ1) is 13.9. The number of halogens is 1. The van der Waals surface area contributed by atoms with Gasteiger partial charge in [-0.2, -0.15) is 0 Å². The number of carbonyl (C=O) groups is 3. The first-order valence-electron chi connectivity index (χ1n) is 9.57. The minimum Gasteiger partial charge on any atom is -0.467 e. The van der Waals surface area contributed by atoms with E-state index in [0.29, 0.717) is 35.5 Å². The number of aryl methyl sites for hydroxylation is 1. The Bertz CT molecular complexity index is 948. The zero-order chi connectivity index (χ0) is 21.0. The van der Waals surface area contributed by atoms with Crippen molar-refractivity contribution in [3.05, 3.63) is 59.2 Å². The highest BCUT2D eigenvalue weighted by Crippen LogP contribution is 2.22. The van der Waals surface area contributed by atoms with E-state index in [-0.39, 0.29) is 24.2 Å². The van der Waals surface area contributed by atoms with Crippen molar-refractivity contribution in [1.29, 1.82) is 0 Å². The molecule has 0 spiro atoms. The number of anilines is 2. The Balaban J connectivity index is 0.00000320. The number of rotatable bonds is 4. The zero-order valence-corrected chi connectivity index (χ0v) is 17.8. The molecule has 1 aliphatic heterocycles. The summed E-state index contributed by atoms with van der Waals surface area (Å²) in [5.41, 5.74) is 8.47. The SMILES string of the molecule is COC(=O)C1CCCCN1C(=O)c1cccc(NC(=O)c2cc(N)ccc2C)c1.Cl. The van der Waals surface area contributed by atoms with E-state index in [1.165, 1.54) is 7.11 Å². The fourth-order valence-electron chi connectivity index (χ4n) is 3.53. The number of hydrogen-bond acceptors (Lipinski definition) is 5. The first-order valence-corrected chi connectivity index (χ1v) is 9.57. The van der Waals surface area contributed by atoms with Gasteiger partial charge in [-0.25, -0.2) is 4.79 Å². The van der Waals surface area contributed by atoms with Crippen LogP contribution in [0.5, 0.6) is 0 Å². The lowest BCUT2D eigenvalue weighted by atomic mass is 10.0. The second-order valence-corrected chi connectivity index (χ2v) is 7.14. The quantitative estimate of drug-likeness (QED) is 0.570. The standard InChI is InChI=1S/C22H25N3O4.ClH/c1-14-9-10-16(23)13-18(14)20(26)24-17-7-5-6-15(12-17)21(27)25-11-4-3-8-19(25)22(28)29-2;/h5-7,9-10,12-13,19H,3-4,8,11,23H2,1-2H3,(H,24,26);1H. The van der Waals surface area contributed by atoms with Gasteiger partial charge in [0, 0.05) is 29.0 Å². The van der Waals surface area contributed by atoms with Gasteiger partial charge in [-0.3, -0.25) is 9.59 Å². The van der Waals surface area contributed by atoms with E-state index < -0.39 is 12.0 Å². The third kappa shape index (κ3) is 5.10. The molecule has 7 nitrogen and oxygen atoms in total. The summed E-state index contributed by atoms with van der Waals surface area (Å²) < 4.78 is 4.85. The van der Waals surface area contributed by atoms with Gasteiger partial charge >= 0.3 is 5.97 Å². The number of methoxy groups -OCH3 is 1. The average Bonchev–Trinajstić information content (AvgIpc) is 2.74. The molecule has 1 aliphatic rings. The normalized spacial score (nSPS) is 15.7. The van der Waals surface area contributed by atoms with Crippen molar-refractivity contribution in [2.75, 3.05) is 24.7 Å². The van der Waals surface area contributed by atoms with Crippen LogP contribution in [0.25, 0.3) is 0 Å². The molecule has 2 amide bonds. The van der Waals surface area contributed by atoms with Crippen LogP contribution in [0, 0.1) is 6.92 Å². The fourth-order valence-corrected chi connectivity index (χ4v) is 3.53. The lowest BCUT2D eigenvalue weighted by Crippen LogP contribution is -2.48. The first kappa shape index (κ1) is 23.2. The maximum absolute atomic E-state index is 13.0. The minimum atomic E-state index is -0.575. The number of piperidine rings is 1. The van der Waals surface area contributed by atoms with Crippen molar-refractivity contribution >= 4 is 41.6 Å². The summed E-state index contributed by atoms with van der Waals surface area (Å²) >= 11 is 0. The van der Waals surface area contributed by atoms with Crippen molar-refractivity contribution in [2.24, 2.45) is 0 Å². The van der Waals surface area contributed by atoms with Crippen LogP contribution in [-0.4, -0.2) is 42.4 Å². The molecule has 0 saturated carbocycles. The van der Waals surface area contributed by atoms with Crippen molar-refractivity contribution in [3.8, 4) is 0 Å². The van der Waals surface area contributed by atoms with Gasteiger partial charge in [0.2, 0.25) is 0 Å².